The van der Waals surface area contributed by atoms with Crippen molar-refractivity contribution in [3.8, 4) is 5.75 Å². The summed E-state index contributed by atoms with van der Waals surface area (Å²) in [4.78, 5) is 24.7. The summed E-state index contributed by atoms with van der Waals surface area (Å²) in [6.45, 7) is -0.529. The molecule has 3 N–H and O–H groups in total. The van der Waals surface area contributed by atoms with Crippen LogP contribution in [-0.4, -0.2) is 23.5 Å². The Morgan fingerprint density at radius 2 is 1.69 bits per heavy atom. The maximum atomic E-state index is 13.6. The number of ether oxygens (including phenoxy) is 1. The molecule has 0 unspecified atom stereocenters. The van der Waals surface area contributed by atoms with Crippen molar-refractivity contribution >= 4 is 23.2 Å². The molecule has 0 spiro atoms. The molecular weight excluding hydrogens is 375 g/mol. The molecule has 3 aromatic rings. The first-order valence-corrected chi connectivity index (χ1v) is 8.84. The van der Waals surface area contributed by atoms with Crippen LogP contribution in [0.25, 0.3) is 0 Å². The van der Waals surface area contributed by atoms with Gasteiger partial charge in [0, 0.05) is 5.69 Å². The highest BCUT2D eigenvalue weighted by Crippen LogP contribution is 2.21. The zero-order valence-corrected chi connectivity index (χ0v) is 15.4. The lowest BCUT2D eigenvalue weighted by Crippen LogP contribution is -2.22. The fraction of sp³-hybridized carbons (Fsp3) is 0.0909. The van der Waals surface area contributed by atoms with Gasteiger partial charge in [0.15, 0.2) is 6.61 Å². The van der Waals surface area contributed by atoms with E-state index in [1.165, 1.54) is 18.2 Å². The van der Waals surface area contributed by atoms with Crippen molar-refractivity contribution in [3.63, 3.8) is 0 Å². The van der Waals surface area contributed by atoms with E-state index in [-0.39, 0.29) is 23.6 Å². The highest BCUT2D eigenvalue weighted by molar-refractivity contribution is 6.06. The Hall–Kier alpha value is -3.71. The van der Waals surface area contributed by atoms with E-state index >= 15 is 0 Å². The highest BCUT2D eigenvalue weighted by atomic mass is 19.1. The SMILES string of the molecule is O=C(COc1ccccc1C(=O)Nc1cccc(CO)c1)Nc1ccccc1F. The van der Waals surface area contributed by atoms with Crippen LogP contribution < -0.4 is 15.4 Å². The predicted molar refractivity (Wildman–Crippen MR) is 107 cm³/mol. The number of amides is 2. The van der Waals surface area contributed by atoms with Gasteiger partial charge in [0.05, 0.1) is 17.9 Å². The predicted octanol–water partition coefficient (Wildman–Crippen LogP) is 3.59. The van der Waals surface area contributed by atoms with E-state index in [1.807, 2.05) is 0 Å². The third-order valence-corrected chi connectivity index (χ3v) is 4.01. The van der Waals surface area contributed by atoms with Gasteiger partial charge in [0.1, 0.15) is 11.6 Å². The first kappa shape index (κ1) is 20.0. The number of benzene rings is 3. The smallest absolute Gasteiger partial charge is 0.262 e. The molecule has 0 aliphatic heterocycles. The number of hydrogen-bond donors (Lipinski definition) is 3. The quantitative estimate of drug-likeness (QED) is 0.572. The van der Waals surface area contributed by atoms with Gasteiger partial charge in [-0.05, 0) is 42.0 Å². The Morgan fingerprint density at radius 1 is 0.931 bits per heavy atom. The number of para-hydroxylation sites is 2. The molecule has 3 aromatic carbocycles. The first-order chi connectivity index (χ1) is 14.1. The fourth-order valence-corrected chi connectivity index (χ4v) is 2.62. The third-order valence-electron chi connectivity index (χ3n) is 4.01. The van der Waals surface area contributed by atoms with Crippen molar-refractivity contribution in [2.24, 2.45) is 0 Å². The van der Waals surface area contributed by atoms with Crippen LogP contribution in [0.3, 0.4) is 0 Å². The molecule has 0 fully saturated rings. The first-order valence-electron chi connectivity index (χ1n) is 8.84. The standard InChI is InChI=1S/C22H19FN2O4/c23-18-9-2-3-10-19(18)25-21(27)14-29-20-11-4-1-8-17(20)22(28)24-16-7-5-6-15(12-16)13-26/h1-12,26H,13-14H2,(H,24,28)(H,25,27). The lowest BCUT2D eigenvalue weighted by Gasteiger charge is -2.12. The molecule has 0 saturated carbocycles. The number of rotatable bonds is 7. The van der Waals surface area contributed by atoms with E-state index in [1.54, 1.807) is 54.6 Å². The van der Waals surface area contributed by atoms with E-state index in [2.05, 4.69) is 10.6 Å². The Morgan fingerprint density at radius 3 is 2.48 bits per heavy atom. The van der Waals surface area contributed by atoms with Crippen LogP contribution in [-0.2, 0) is 11.4 Å². The van der Waals surface area contributed by atoms with Gasteiger partial charge < -0.3 is 20.5 Å². The van der Waals surface area contributed by atoms with Crippen LogP contribution >= 0.6 is 0 Å². The van der Waals surface area contributed by atoms with E-state index in [0.29, 0.717) is 11.3 Å². The maximum Gasteiger partial charge on any atom is 0.262 e. The Balaban J connectivity index is 1.66. The third kappa shape index (κ3) is 5.40. The molecule has 148 valence electrons. The van der Waals surface area contributed by atoms with Crippen molar-refractivity contribution in [3.05, 3.63) is 89.7 Å². The summed E-state index contributed by atoms with van der Waals surface area (Å²) in [6, 6.07) is 19.1. The number of hydrogen-bond acceptors (Lipinski definition) is 4. The summed E-state index contributed by atoms with van der Waals surface area (Å²) < 4.78 is 19.1. The Labute approximate surface area is 167 Å². The van der Waals surface area contributed by atoms with Gasteiger partial charge in [-0.25, -0.2) is 4.39 Å². The summed E-state index contributed by atoms with van der Waals surface area (Å²) in [5, 5.41) is 14.4. The highest BCUT2D eigenvalue weighted by Gasteiger charge is 2.14. The van der Waals surface area contributed by atoms with Crippen molar-refractivity contribution in [1.82, 2.24) is 0 Å². The summed E-state index contributed by atoms with van der Waals surface area (Å²) in [7, 11) is 0. The molecule has 0 atom stereocenters. The van der Waals surface area contributed by atoms with Gasteiger partial charge in [-0.15, -0.1) is 0 Å². The molecule has 0 aromatic heterocycles. The molecule has 0 aliphatic carbocycles. The number of nitrogens with one attached hydrogen (secondary N) is 2. The minimum Gasteiger partial charge on any atom is -0.483 e. The molecular formula is C22H19FN2O4. The fourth-order valence-electron chi connectivity index (χ4n) is 2.62. The van der Waals surface area contributed by atoms with E-state index in [9.17, 15) is 19.1 Å². The van der Waals surface area contributed by atoms with E-state index < -0.39 is 24.2 Å². The average molecular weight is 394 g/mol. The van der Waals surface area contributed by atoms with Crippen LogP contribution in [0.15, 0.2) is 72.8 Å². The maximum absolute atomic E-state index is 13.6. The zero-order valence-electron chi connectivity index (χ0n) is 15.4. The van der Waals surface area contributed by atoms with Gasteiger partial charge in [-0.2, -0.15) is 0 Å². The second-order valence-electron chi connectivity index (χ2n) is 6.13. The minimum absolute atomic E-state index is 0.0518. The number of aliphatic hydroxyl groups is 1. The second-order valence-corrected chi connectivity index (χ2v) is 6.13. The minimum atomic E-state index is -0.555. The number of carbonyl (C=O) groups is 2. The lowest BCUT2D eigenvalue weighted by atomic mass is 10.1. The summed E-state index contributed by atoms with van der Waals surface area (Å²) in [5.74, 6) is -1.32. The Kier molecular flexibility index (Phi) is 6.55. The zero-order chi connectivity index (χ0) is 20.6. The van der Waals surface area contributed by atoms with E-state index in [0.717, 1.165) is 0 Å². The van der Waals surface area contributed by atoms with Gasteiger partial charge in [-0.3, -0.25) is 9.59 Å². The largest absolute Gasteiger partial charge is 0.483 e. The van der Waals surface area contributed by atoms with Gasteiger partial charge >= 0.3 is 0 Å². The normalized spacial score (nSPS) is 10.3. The summed E-state index contributed by atoms with van der Waals surface area (Å²) >= 11 is 0. The van der Waals surface area contributed by atoms with Gasteiger partial charge in [0.25, 0.3) is 11.8 Å². The van der Waals surface area contributed by atoms with Crippen LogP contribution in [0.5, 0.6) is 5.75 Å². The molecule has 2 amide bonds. The van der Waals surface area contributed by atoms with Gasteiger partial charge in [0.2, 0.25) is 0 Å². The summed E-state index contributed by atoms with van der Waals surface area (Å²) in [5.41, 5.74) is 1.47. The molecule has 7 heteroatoms. The van der Waals surface area contributed by atoms with Crippen LogP contribution in [0, 0.1) is 5.82 Å². The molecule has 0 radical (unpaired) electrons. The van der Waals surface area contributed by atoms with Crippen molar-refractivity contribution in [2.45, 2.75) is 6.61 Å². The molecule has 0 saturated heterocycles. The monoisotopic (exact) mass is 394 g/mol. The van der Waals surface area contributed by atoms with Crippen LogP contribution in [0.4, 0.5) is 15.8 Å². The van der Waals surface area contributed by atoms with Crippen molar-refractivity contribution < 1.29 is 23.8 Å². The van der Waals surface area contributed by atoms with Crippen molar-refractivity contribution in [1.29, 1.82) is 0 Å². The molecule has 6 nitrogen and oxygen atoms in total. The van der Waals surface area contributed by atoms with Gasteiger partial charge in [-0.1, -0.05) is 36.4 Å². The van der Waals surface area contributed by atoms with Crippen molar-refractivity contribution in [2.75, 3.05) is 17.2 Å². The topological polar surface area (TPSA) is 87.7 Å². The second kappa shape index (κ2) is 9.48. The number of carbonyl (C=O) groups excluding carboxylic acids is 2. The summed E-state index contributed by atoms with van der Waals surface area (Å²) in [6.07, 6.45) is 0. The average Bonchev–Trinajstić information content (AvgIpc) is 2.74. The molecule has 0 heterocycles. The molecule has 3 rings (SSSR count). The number of halogens is 1. The molecule has 0 aliphatic rings. The number of aliphatic hydroxyl groups excluding tert-OH is 1. The van der Waals surface area contributed by atoms with Crippen LogP contribution in [0.2, 0.25) is 0 Å². The number of anilines is 2. The molecule has 0 bridgehead atoms. The van der Waals surface area contributed by atoms with Crippen LogP contribution in [0.1, 0.15) is 15.9 Å². The Bertz CT molecular complexity index is 1020. The lowest BCUT2D eigenvalue weighted by molar-refractivity contribution is -0.118. The van der Waals surface area contributed by atoms with E-state index in [4.69, 9.17) is 4.74 Å². The molecule has 29 heavy (non-hydrogen) atoms.